The second-order valence-corrected chi connectivity index (χ2v) is 4.99. The van der Waals surface area contributed by atoms with Gasteiger partial charge in [-0.05, 0) is 46.8 Å². The molecular weight excluding hydrogens is 297 g/mol. The summed E-state index contributed by atoms with van der Waals surface area (Å²) in [6.45, 7) is 0. The summed E-state index contributed by atoms with van der Waals surface area (Å²) in [4.78, 5) is 0. The molecule has 0 aromatic carbocycles. The lowest BCUT2D eigenvalue weighted by molar-refractivity contribution is -0.141. The van der Waals surface area contributed by atoms with Gasteiger partial charge < -0.3 is 0 Å². The molecule has 2 nitrogen and oxygen atoms in total. The number of hydrogen-bond donors (Lipinski definition) is 0. The summed E-state index contributed by atoms with van der Waals surface area (Å²) in [5, 5.41) is 3.69. The van der Waals surface area contributed by atoms with E-state index < -0.39 is 11.9 Å². The summed E-state index contributed by atoms with van der Waals surface area (Å²) >= 11 is 3.21. The zero-order valence-corrected chi connectivity index (χ0v) is 10.2. The highest BCUT2D eigenvalue weighted by Gasteiger charge is 2.42. The molecule has 0 unspecified atom stereocenters. The van der Waals surface area contributed by atoms with E-state index in [1.807, 2.05) is 0 Å². The molecule has 17 heavy (non-hydrogen) atoms. The molecule has 6 heteroatoms. The highest BCUT2D eigenvalue weighted by atomic mass is 79.9. The second kappa shape index (κ2) is 3.48. The van der Waals surface area contributed by atoms with Crippen LogP contribution in [0.4, 0.5) is 13.2 Å². The van der Waals surface area contributed by atoms with Gasteiger partial charge in [-0.25, -0.2) is 4.52 Å². The number of alkyl halides is 3. The first-order chi connectivity index (χ1) is 7.98. The van der Waals surface area contributed by atoms with Crippen LogP contribution in [0.1, 0.15) is 30.0 Å². The van der Waals surface area contributed by atoms with Gasteiger partial charge in [0.25, 0.3) is 0 Å². The molecule has 2 heterocycles. The number of fused-ring (bicyclic) bond motifs is 1. The molecular formula is C11H8BrF3N2. The first-order valence-corrected chi connectivity index (χ1v) is 6.02. The summed E-state index contributed by atoms with van der Waals surface area (Å²) in [5.41, 5.74) is 0.153. The Morgan fingerprint density at radius 1 is 1.29 bits per heavy atom. The van der Waals surface area contributed by atoms with Crippen LogP contribution in [0.25, 0.3) is 5.52 Å². The predicted octanol–water partition coefficient (Wildman–Crippen LogP) is 3.99. The third kappa shape index (κ3) is 1.74. The topological polar surface area (TPSA) is 17.3 Å². The van der Waals surface area contributed by atoms with Crippen molar-refractivity contribution in [3.8, 4) is 0 Å². The Labute approximate surface area is 104 Å². The van der Waals surface area contributed by atoms with E-state index in [1.54, 1.807) is 18.2 Å². The molecule has 2 aromatic rings. The first-order valence-electron chi connectivity index (χ1n) is 5.23. The Bertz CT molecular complexity index is 584. The molecule has 0 aliphatic heterocycles. The van der Waals surface area contributed by atoms with Gasteiger partial charge in [-0.15, -0.1) is 0 Å². The van der Waals surface area contributed by atoms with Crippen molar-refractivity contribution >= 4 is 21.4 Å². The Morgan fingerprint density at radius 3 is 2.59 bits per heavy atom. The first kappa shape index (κ1) is 11.1. The molecule has 2 aromatic heterocycles. The van der Waals surface area contributed by atoms with Gasteiger partial charge in [0.1, 0.15) is 4.60 Å². The van der Waals surface area contributed by atoms with Gasteiger partial charge in [0.05, 0.1) is 5.52 Å². The SMILES string of the molecule is FC(F)(F)c1nn2c(Br)cccc2c1C1CC1. The van der Waals surface area contributed by atoms with Crippen LogP contribution in [0.15, 0.2) is 22.8 Å². The molecule has 1 saturated carbocycles. The van der Waals surface area contributed by atoms with Gasteiger partial charge in [-0.2, -0.15) is 18.3 Å². The average Bonchev–Trinajstić information content (AvgIpc) is 2.98. The van der Waals surface area contributed by atoms with Crippen LogP contribution in [0, 0.1) is 0 Å². The molecule has 0 bridgehead atoms. The minimum absolute atomic E-state index is 0.0124. The zero-order valence-electron chi connectivity index (χ0n) is 8.63. The number of aromatic nitrogens is 2. The summed E-state index contributed by atoms with van der Waals surface area (Å²) in [7, 11) is 0. The monoisotopic (exact) mass is 304 g/mol. The highest BCUT2D eigenvalue weighted by molar-refractivity contribution is 9.10. The van der Waals surface area contributed by atoms with Gasteiger partial charge >= 0.3 is 6.18 Å². The number of rotatable bonds is 1. The Kier molecular flexibility index (Phi) is 2.26. The largest absolute Gasteiger partial charge is 0.435 e. The molecule has 1 aliphatic carbocycles. The van der Waals surface area contributed by atoms with Crippen LogP contribution in [0.2, 0.25) is 0 Å². The maximum absolute atomic E-state index is 12.9. The fourth-order valence-electron chi connectivity index (χ4n) is 2.04. The third-order valence-electron chi connectivity index (χ3n) is 2.90. The van der Waals surface area contributed by atoms with Crippen LogP contribution >= 0.6 is 15.9 Å². The van der Waals surface area contributed by atoms with Crippen LogP contribution in [-0.4, -0.2) is 9.61 Å². The Balaban J connectivity index is 2.34. The summed E-state index contributed by atoms with van der Waals surface area (Å²) in [5.74, 6) is 0.0124. The minimum Gasteiger partial charge on any atom is -0.226 e. The van der Waals surface area contributed by atoms with Crippen molar-refractivity contribution in [2.75, 3.05) is 0 Å². The molecule has 0 N–H and O–H groups in total. The van der Waals surface area contributed by atoms with Crippen LogP contribution in [0.5, 0.6) is 0 Å². The van der Waals surface area contributed by atoms with E-state index >= 15 is 0 Å². The lowest BCUT2D eigenvalue weighted by atomic mass is 10.1. The van der Waals surface area contributed by atoms with E-state index in [0.717, 1.165) is 12.8 Å². The number of pyridine rings is 1. The Morgan fingerprint density at radius 2 is 2.00 bits per heavy atom. The quantitative estimate of drug-likeness (QED) is 0.728. The summed E-state index contributed by atoms with van der Waals surface area (Å²) in [6.07, 6.45) is -2.75. The summed E-state index contributed by atoms with van der Waals surface area (Å²) < 4.78 is 40.6. The van der Waals surface area contributed by atoms with Gasteiger partial charge in [-0.1, -0.05) is 6.07 Å². The van der Waals surface area contributed by atoms with E-state index in [2.05, 4.69) is 21.0 Å². The number of hydrogen-bond acceptors (Lipinski definition) is 1. The van der Waals surface area contributed by atoms with Gasteiger partial charge in [0.2, 0.25) is 0 Å². The third-order valence-corrected chi connectivity index (χ3v) is 3.50. The standard InChI is InChI=1S/C11H8BrF3N2/c12-8-3-1-2-7-9(6-4-5-6)10(11(13,14)15)16-17(7)8/h1-3,6H,4-5H2. The van der Waals surface area contributed by atoms with E-state index in [4.69, 9.17) is 0 Å². The van der Waals surface area contributed by atoms with Gasteiger partial charge in [-0.3, -0.25) is 0 Å². The summed E-state index contributed by atoms with van der Waals surface area (Å²) in [6, 6.07) is 5.09. The van der Waals surface area contributed by atoms with Crippen molar-refractivity contribution in [3.63, 3.8) is 0 Å². The molecule has 0 atom stereocenters. The maximum atomic E-state index is 12.9. The predicted molar refractivity (Wildman–Crippen MR) is 59.9 cm³/mol. The molecule has 1 aliphatic rings. The number of halogens is 4. The van der Waals surface area contributed by atoms with Crippen molar-refractivity contribution in [1.29, 1.82) is 0 Å². The van der Waals surface area contributed by atoms with Crippen molar-refractivity contribution in [2.24, 2.45) is 0 Å². The maximum Gasteiger partial charge on any atom is 0.435 e. The van der Waals surface area contributed by atoms with Crippen molar-refractivity contribution in [2.45, 2.75) is 24.9 Å². The molecule has 90 valence electrons. The lowest BCUT2D eigenvalue weighted by Crippen LogP contribution is -2.08. The average molecular weight is 305 g/mol. The van der Waals surface area contributed by atoms with E-state index in [1.165, 1.54) is 4.52 Å². The Hall–Kier alpha value is -1.04. The second-order valence-electron chi connectivity index (χ2n) is 4.18. The molecule has 0 radical (unpaired) electrons. The van der Waals surface area contributed by atoms with Crippen LogP contribution in [-0.2, 0) is 6.18 Å². The molecule has 3 rings (SSSR count). The smallest absolute Gasteiger partial charge is 0.226 e. The van der Waals surface area contributed by atoms with Crippen LogP contribution < -0.4 is 0 Å². The lowest BCUT2D eigenvalue weighted by Gasteiger charge is -2.04. The van der Waals surface area contributed by atoms with E-state index in [0.29, 0.717) is 15.7 Å². The molecule has 0 spiro atoms. The normalized spacial score (nSPS) is 16.7. The van der Waals surface area contributed by atoms with Gasteiger partial charge in [0.15, 0.2) is 5.69 Å². The van der Waals surface area contributed by atoms with Crippen LogP contribution in [0.3, 0.4) is 0 Å². The number of nitrogens with zero attached hydrogens (tertiary/aromatic N) is 2. The minimum atomic E-state index is -4.39. The highest BCUT2D eigenvalue weighted by Crippen LogP contribution is 2.47. The van der Waals surface area contributed by atoms with E-state index in [9.17, 15) is 13.2 Å². The van der Waals surface area contributed by atoms with Crippen molar-refractivity contribution < 1.29 is 13.2 Å². The molecule has 0 amide bonds. The molecule has 1 fully saturated rings. The van der Waals surface area contributed by atoms with Crippen molar-refractivity contribution in [3.05, 3.63) is 34.1 Å². The van der Waals surface area contributed by atoms with E-state index in [-0.39, 0.29) is 5.92 Å². The fraction of sp³-hybridized carbons (Fsp3) is 0.364. The molecule has 0 saturated heterocycles. The fourth-order valence-corrected chi connectivity index (χ4v) is 2.46. The van der Waals surface area contributed by atoms with Crippen molar-refractivity contribution in [1.82, 2.24) is 9.61 Å². The van der Waals surface area contributed by atoms with Gasteiger partial charge in [0, 0.05) is 5.56 Å². The zero-order chi connectivity index (χ0) is 12.2.